The number of fused-ring (bicyclic) bond motifs is 1. The van der Waals surface area contributed by atoms with Gasteiger partial charge >= 0.3 is 0 Å². The molecule has 3 heteroatoms. The molecule has 0 radical (unpaired) electrons. The highest BCUT2D eigenvalue weighted by Gasteiger charge is 2.23. The third kappa shape index (κ3) is 2.49. The Bertz CT molecular complexity index is 340. The molecule has 15 heavy (non-hydrogen) atoms. The lowest BCUT2D eigenvalue weighted by atomic mass is 10.1. The van der Waals surface area contributed by atoms with E-state index in [1.807, 2.05) is 17.8 Å². The number of rotatable bonds is 4. The van der Waals surface area contributed by atoms with Crippen LogP contribution < -0.4 is 5.32 Å². The Kier molecular flexibility index (Phi) is 3.95. The monoisotopic (exact) mass is 241 g/mol. The molecule has 1 aliphatic rings. The fraction of sp³-hybridized carbons (Fsp3) is 0.500. The Hall–Kier alpha value is -0.180. The lowest BCUT2D eigenvalue weighted by molar-refractivity contribution is 0.552. The van der Waals surface area contributed by atoms with Gasteiger partial charge in [-0.1, -0.05) is 23.7 Å². The van der Waals surface area contributed by atoms with Crippen LogP contribution in [0.3, 0.4) is 0 Å². The molecule has 0 spiro atoms. The normalized spacial score (nSPS) is 19.2. The topological polar surface area (TPSA) is 12.0 Å². The summed E-state index contributed by atoms with van der Waals surface area (Å²) < 4.78 is 0. The van der Waals surface area contributed by atoms with Gasteiger partial charge in [0, 0.05) is 23.4 Å². The minimum atomic E-state index is 0.519. The van der Waals surface area contributed by atoms with Crippen molar-refractivity contribution in [1.82, 2.24) is 5.32 Å². The maximum Gasteiger partial charge on any atom is 0.0441 e. The molecule has 1 atom stereocenters. The molecule has 0 saturated heterocycles. The van der Waals surface area contributed by atoms with E-state index < -0.39 is 0 Å². The molecule has 1 aromatic carbocycles. The molecule has 0 fully saturated rings. The Labute approximate surface area is 101 Å². The molecule has 82 valence electrons. The van der Waals surface area contributed by atoms with E-state index in [-0.39, 0.29) is 0 Å². The summed E-state index contributed by atoms with van der Waals surface area (Å²) in [7, 11) is 0. The van der Waals surface area contributed by atoms with Gasteiger partial charge in [0.25, 0.3) is 0 Å². The number of thioether (sulfide) groups is 1. The molecule has 1 aliphatic carbocycles. The van der Waals surface area contributed by atoms with Gasteiger partial charge in [0.05, 0.1) is 0 Å². The van der Waals surface area contributed by atoms with Crippen LogP contribution in [0, 0.1) is 0 Å². The zero-order valence-electron chi connectivity index (χ0n) is 8.92. The molecular formula is C12H16ClNS. The third-order valence-corrected chi connectivity index (χ3v) is 3.88. The van der Waals surface area contributed by atoms with Crippen LogP contribution in [0.5, 0.6) is 0 Å². The second-order valence-electron chi connectivity index (χ2n) is 3.85. The Morgan fingerprint density at radius 1 is 1.53 bits per heavy atom. The Balaban J connectivity index is 2.05. The van der Waals surface area contributed by atoms with Gasteiger partial charge in [-0.25, -0.2) is 0 Å². The molecule has 0 aliphatic heterocycles. The summed E-state index contributed by atoms with van der Waals surface area (Å²) in [5.74, 6) is 1.17. The summed E-state index contributed by atoms with van der Waals surface area (Å²) in [6.07, 6.45) is 4.44. The Morgan fingerprint density at radius 2 is 2.40 bits per heavy atom. The first kappa shape index (κ1) is 11.3. The van der Waals surface area contributed by atoms with Gasteiger partial charge in [-0.15, -0.1) is 0 Å². The first-order chi connectivity index (χ1) is 7.33. The summed E-state index contributed by atoms with van der Waals surface area (Å²) in [5, 5.41) is 4.52. The summed E-state index contributed by atoms with van der Waals surface area (Å²) in [4.78, 5) is 0. The summed E-state index contributed by atoms with van der Waals surface area (Å²) in [6.45, 7) is 1.08. The third-order valence-electron chi connectivity index (χ3n) is 2.91. The van der Waals surface area contributed by atoms with E-state index in [4.69, 9.17) is 11.6 Å². The summed E-state index contributed by atoms with van der Waals surface area (Å²) >= 11 is 8.05. The smallest absolute Gasteiger partial charge is 0.0441 e. The highest BCUT2D eigenvalue weighted by atomic mass is 35.5. The van der Waals surface area contributed by atoms with Gasteiger partial charge in [0.15, 0.2) is 0 Å². The summed E-state index contributed by atoms with van der Waals surface area (Å²) in [5.41, 5.74) is 2.75. The van der Waals surface area contributed by atoms with E-state index >= 15 is 0 Å². The van der Waals surface area contributed by atoms with E-state index in [0.717, 1.165) is 18.0 Å². The average Bonchev–Trinajstić information content (AvgIpc) is 2.64. The SMILES string of the molecule is CSCCNC1CCc2c(Cl)cccc21. The van der Waals surface area contributed by atoms with Crippen molar-refractivity contribution in [2.24, 2.45) is 0 Å². The molecule has 0 saturated carbocycles. The molecular weight excluding hydrogens is 226 g/mol. The maximum atomic E-state index is 6.16. The van der Waals surface area contributed by atoms with Crippen molar-refractivity contribution in [1.29, 1.82) is 0 Å². The second-order valence-corrected chi connectivity index (χ2v) is 5.24. The fourth-order valence-electron chi connectivity index (χ4n) is 2.16. The van der Waals surface area contributed by atoms with Crippen LogP contribution in [0.2, 0.25) is 5.02 Å². The Morgan fingerprint density at radius 3 is 3.20 bits per heavy atom. The van der Waals surface area contributed by atoms with Crippen molar-refractivity contribution in [3.05, 3.63) is 34.3 Å². The first-order valence-corrected chi connectivity index (χ1v) is 7.09. The molecule has 0 heterocycles. The van der Waals surface area contributed by atoms with Gasteiger partial charge in [0.1, 0.15) is 0 Å². The molecule has 0 aromatic heterocycles. The zero-order valence-corrected chi connectivity index (χ0v) is 10.5. The van der Waals surface area contributed by atoms with Crippen LogP contribution in [0.4, 0.5) is 0 Å². The molecule has 1 aromatic rings. The van der Waals surface area contributed by atoms with Crippen molar-refractivity contribution >= 4 is 23.4 Å². The molecule has 0 bridgehead atoms. The van der Waals surface area contributed by atoms with Crippen LogP contribution in [0.1, 0.15) is 23.6 Å². The van der Waals surface area contributed by atoms with Crippen molar-refractivity contribution in [3.63, 3.8) is 0 Å². The van der Waals surface area contributed by atoms with E-state index in [1.165, 1.54) is 23.3 Å². The van der Waals surface area contributed by atoms with Crippen LogP contribution in [-0.4, -0.2) is 18.6 Å². The fourth-order valence-corrected chi connectivity index (χ4v) is 2.76. The second kappa shape index (κ2) is 5.24. The van der Waals surface area contributed by atoms with Crippen molar-refractivity contribution < 1.29 is 0 Å². The van der Waals surface area contributed by atoms with Gasteiger partial charge in [-0.3, -0.25) is 0 Å². The van der Waals surface area contributed by atoms with E-state index in [1.54, 1.807) is 0 Å². The first-order valence-electron chi connectivity index (χ1n) is 5.32. The molecule has 1 unspecified atom stereocenters. The maximum absolute atomic E-state index is 6.16. The summed E-state index contributed by atoms with van der Waals surface area (Å²) in [6, 6.07) is 6.76. The number of halogens is 1. The zero-order chi connectivity index (χ0) is 10.7. The van der Waals surface area contributed by atoms with Crippen LogP contribution >= 0.6 is 23.4 Å². The molecule has 0 amide bonds. The van der Waals surface area contributed by atoms with Crippen LogP contribution in [0.15, 0.2) is 18.2 Å². The van der Waals surface area contributed by atoms with Gasteiger partial charge in [-0.05, 0) is 36.3 Å². The van der Waals surface area contributed by atoms with Gasteiger partial charge in [-0.2, -0.15) is 11.8 Å². The van der Waals surface area contributed by atoms with Crippen LogP contribution in [0.25, 0.3) is 0 Å². The lowest BCUT2D eigenvalue weighted by Crippen LogP contribution is -2.21. The predicted molar refractivity (Wildman–Crippen MR) is 68.9 cm³/mol. The molecule has 1 N–H and O–H groups in total. The minimum absolute atomic E-state index is 0.519. The van der Waals surface area contributed by atoms with Crippen LogP contribution in [-0.2, 0) is 6.42 Å². The van der Waals surface area contributed by atoms with E-state index in [2.05, 4.69) is 23.7 Å². The standard InChI is InChI=1S/C12H16ClNS/c1-15-8-7-14-12-6-5-9-10(12)3-2-4-11(9)13/h2-4,12,14H,5-8H2,1H3. The number of nitrogens with one attached hydrogen (secondary N) is 1. The van der Waals surface area contributed by atoms with E-state index in [0.29, 0.717) is 6.04 Å². The lowest BCUT2D eigenvalue weighted by Gasteiger charge is -2.13. The number of benzene rings is 1. The minimum Gasteiger partial charge on any atom is -0.309 e. The quantitative estimate of drug-likeness (QED) is 0.812. The van der Waals surface area contributed by atoms with Crippen molar-refractivity contribution in [2.45, 2.75) is 18.9 Å². The number of hydrogen-bond donors (Lipinski definition) is 1. The average molecular weight is 242 g/mol. The van der Waals surface area contributed by atoms with Crippen molar-refractivity contribution in [2.75, 3.05) is 18.6 Å². The molecule has 2 rings (SSSR count). The van der Waals surface area contributed by atoms with Crippen molar-refractivity contribution in [3.8, 4) is 0 Å². The molecule has 1 nitrogen and oxygen atoms in total. The largest absolute Gasteiger partial charge is 0.309 e. The highest BCUT2D eigenvalue weighted by molar-refractivity contribution is 7.98. The number of hydrogen-bond acceptors (Lipinski definition) is 2. The predicted octanol–water partition coefficient (Wildman–Crippen LogP) is 3.28. The highest BCUT2D eigenvalue weighted by Crippen LogP contribution is 2.35. The van der Waals surface area contributed by atoms with Gasteiger partial charge in [0.2, 0.25) is 0 Å². The van der Waals surface area contributed by atoms with E-state index in [9.17, 15) is 0 Å². The van der Waals surface area contributed by atoms with Gasteiger partial charge < -0.3 is 5.32 Å².